The number of nitrogens with one attached hydrogen (secondary N) is 1. The summed E-state index contributed by atoms with van der Waals surface area (Å²) in [7, 11) is -2.48. The highest BCUT2D eigenvalue weighted by atomic mass is 35.5. The molecule has 0 fully saturated rings. The second-order valence-electron chi connectivity index (χ2n) is 8.25. The Kier molecular flexibility index (Phi) is 9.76. The number of ether oxygens (including phenoxy) is 1. The smallest absolute Gasteiger partial charge is 0.244 e. The molecule has 0 radical (unpaired) electrons. The van der Waals surface area contributed by atoms with E-state index < -0.39 is 28.5 Å². The minimum atomic E-state index is -3.88. The number of halogens is 1. The van der Waals surface area contributed by atoms with Crippen molar-refractivity contribution in [2.45, 2.75) is 39.3 Å². The van der Waals surface area contributed by atoms with Gasteiger partial charge in [0.1, 0.15) is 18.3 Å². The van der Waals surface area contributed by atoms with Crippen LogP contribution in [0.2, 0.25) is 5.02 Å². The molecule has 0 saturated heterocycles. The molecule has 2 aromatic rings. The van der Waals surface area contributed by atoms with Gasteiger partial charge in [0.25, 0.3) is 0 Å². The Morgan fingerprint density at radius 3 is 2.29 bits per heavy atom. The van der Waals surface area contributed by atoms with Crippen molar-refractivity contribution in [2.75, 3.05) is 30.8 Å². The van der Waals surface area contributed by atoms with Gasteiger partial charge in [0.2, 0.25) is 21.8 Å². The monoisotopic (exact) mass is 509 g/mol. The van der Waals surface area contributed by atoms with E-state index in [0.29, 0.717) is 11.4 Å². The summed E-state index contributed by atoms with van der Waals surface area (Å²) in [6.07, 6.45) is 1.51. The highest BCUT2D eigenvalue weighted by Gasteiger charge is 2.31. The van der Waals surface area contributed by atoms with Crippen LogP contribution < -0.4 is 14.4 Å². The zero-order valence-corrected chi connectivity index (χ0v) is 21.7. The summed E-state index contributed by atoms with van der Waals surface area (Å²) < 4.78 is 31.6. The molecule has 0 bridgehead atoms. The third kappa shape index (κ3) is 7.63. The predicted molar refractivity (Wildman–Crippen MR) is 135 cm³/mol. The van der Waals surface area contributed by atoms with E-state index in [1.807, 2.05) is 44.2 Å². The molecule has 186 valence electrons. The molecule has 0 heterocycles. The van der Waals surface area contributed by atoms with E-state index in [0.717, 1.165) is 16.1 Å². The van der Waals surface area contributed by atoms with E-state index in [2.05, 4.69) is 5.32 Å². The first kappa shape index (κ1) is 27.5. The van der Waals surface area contributed by atoms with Crippen LogP contribution in [0.4, 0.5) is 5.69 Å². The Hall–Kier alpha value is -2.78. The average molecular weight is 510 g/mol. The number of nitrogens with zero attached hydrogens (tertiary/aromatic N) is 2. The van der Waals surface area contributed by atoms with Crippen LogP contribution in [0.3, 0.4) is 0 Å². The topological polar surface area (TPSA) is 96.0 Å². The van der Waals surface area contributed by atoms with Crippen LogP contribution in [-0.2, 0) is 26.0 Å². The number of sulfonamides is 1. The highest BCUT2D eigenvalue weighted by molar-refractivity contribution is 7.92. The molecule has 0 aliphatic carbocycles. The lowest BCUT2D eigenvalue weighted by atomic mass is 10.1. The summed E-state index contributed by atoms with van der Waals surface area (Å²) in [5.41, 5.74) is 1.14. The zero-order chi connectivity index (χ0) is 25.5. The number of amides is 2. The lowest BCUT2D eigenvalue weighted by Gasteiger charge is -2.32. The number of hydrogen-bond acceptors (Lipinski definition) is 5. The molecule has 0 saturated carbocycles. The molecule has 10 heteroatoms. The Balaban J connectivity index is 2.38. The van der Waals surface area contributed by atoms with Gasteiger partial charge in [-0.1, -0.05) is 41.9 Å². The Morgan fingerprint density at radius 1 is 1.09 bits per heavy atom. The summed E-state index contributed by atoms with van der Waals surface area (Å²) in [6, 6.07) is 13.2. The number of hydrogen-bond donors (Lipinski definition) is 1. The van der Waals surface area contributed by atoms with Gasteiger partial charge >= 0.3 is 0 Å². The van der Waals surface area contributed by atoms with E-state index >= 15 is 0 Å². The third-order valence-corrected chi connectivity index (χ3v) is 6.53. The fraction of sp³-hybridized carbons (Fsp3) is 0.417. The van der Waals surface area contributed by atoms with Gasteiger partial charge in [0, 0.05) is 17.6 Å². The van der Waals surface area contributed by atoms with Crippen molar-refractivity contribution in [2.24, 2.45) is 0 Å². The lowest BCUT2D eigenvalue weighted by molar-refractivity contribution is -0.139. The molecule has 34 heavy (non-hydrogen) atoms. The van der Waals surface area contributed by atoms with E-state index in [4.69, 9.17) is 16.3 Å². The lowest BCUT2D eigenvalue weighted by Crippen LogP contribution is -2.53. The highest BCUT2D eigenvalue weighted by Crippen LogP contribution is 2.32. The van der Waals surface area contributed by atoms with Crippen LogP contribution in [0, 0.1) is 0 Å². The molecule has 0 aromatic heterocycles. The molecular formula is C24H32ClN3O5S. The molecule has 0 unspecified atom stereocenters. The summed E-state index contributed by atoms with van der Waals surface area (Å²) in [5.74, 6) is -0.582. The summed E-state index contributed by atoms with van der Waals surface area (Å²) in [4.78, 5) is 27.6. The van der Waals surface area contributed by atoms with Crippen molar-refractivity contribution >= 4 is 39.1 Å². The summed E-state index contributed by atoms with van der Waals surface area (Å²) in [6.45, 7) is 5.02. The maximum Gasteiger partial charge on any atom is 0.244 e. The maximum absolute atomic E-state index is 13.5. The van der Waals surface area contributed by atoms with E-state index in [9.17, 15) is 18.0 Å². The predicted octanol–water partition coefficient (Wildman–Crippen LogP) is 3.10. The number of methoxy groups -OCH3 is 1. The van der Waals surface area contributed by atoms with Crippen LogP contribution in [-0.4, -0.2) is 63.7 Å². The maximum atomic E-state index is 13.5. The second-order valence-corrected chi connectivity index (χ2v) is 10.6. The van der Waals surface area contributed by atoms with Crippen molar-refractivity contribution in [3.63, 3.8) is 0 Å². The van der Waals surface area contributed by atoms with Crippen LogP contribution in [0.25, 0.3) is 0 Å². The number of benzene rings is 2. The molecular weight excluding hydrogens is 478 g/mol. The number of rotatable bonds is 11. The Morgan fingerprint density at radius 2 is 1.74 bits per heavy atom. The second kappa shape index (κ2) is 12.1. The van der Waals surface area contributed by atoms with Gasteiger partial charge in [-0.05, 0) is 51.0 Å². The molecule has 0 spiro atoms. The van der Waals surface area contributed by atoms with E-state index in [1.165, 1.54) is 24.1 Å². The third-order valence-electron chi connectivity index (χ3n) is 5.17. The van der Waals surface area contributed by atoms with Gasteiger partial charge in [-0.25, -0.2) is 8.42 Å². The van der Waals surface area contributed by atoms with Crippen LogP contribution in [0.1, 0.15) is 26.3 Å². The van der Waals surface area contributed by atoms with Gasteiger partial charge in [0.15, 0.2) is 0 Å². The van der Waals surface area contributed by atoms with E-state index in [-0.39, 0.29) is 29.9 Å². The van der Waals surface area contributed by atoms with Crippen LogP contribution >= 0.6 is 11.6 Å². The molecule has 8 nitrogen and oxygen atoms in total. The standard InChI is InChI=1S/C24H32ClN3O5S/c1-17(2)26-24(30)18(3)27(14-13-19-9-7-6-8-10-19)23(29)16-28(34(5,31)32)21-15-20(25)11-12-22(21)33-4/h6-12,15,17-18H,13-14,16H2,1-5H3,(H,26,30)/t18-/m0/s1. The molecule has 0 aliphatic rings. The van der Waals surface area contributed by atoms with Crippen molar-refractivity contribution in [3.8, 4) is 5.75 Å². The first-order valence-electron chi connectivity index (χ1n) is 10.9. The molecule has 1 N–H and O–H groups in total. The minimum absolute atomic E-state index is 0.107. The molecule has 2 rings (SSSR count). The number of carbonyl (C=O) groups is 2. The fourth-order valence-corrected chi connectivity index (χ4v) is 4.44. The summed E-state index contributed by atoms with van der Waals surface area (Å²) >= 11 is 6.10. The minimum Gasteiger partial charge on any atom is -0.495 e. The first-order chi connectivity index (χ1) is 15.9. The SMILES string of the molecule is COc1ccc(Cl)cc1N(CC(=O)N(CCc1ccccc1)[C@@H](C)C(=O)NC(C)C)S(C)(=O)=O. The fourth-order valence-electron chi connectivity index (χ4n) is 3.43. The normalized spacial score (nSPS) is 12.2. The van der Waals surface area contributed by atoms with E-state index in [1.54, 1.807) is 13.0 Å². The van der Waals surface area contributed by atoms with Crippen molar-refractivity contribution in [3.05, 3.63) is 59.1 Å². The van der Waals surface area contributed by atoms with Gasteiger partial charge in [-0.15, -0.1) is 0 Å². The Bertz CT molecular complexity index is 1090. The molecule has 0 aliphatic heterocycles. The average Bonchev–Trinajstić information content (AvgIpc) is 2.76. The van der Waals surface area contributed by atoms with Crippen LogP contribution in [0.5, 0.6) is 5.75 Å². The first-order valence-corrected chi connectivity index (χ1v) is 13.1. The van der Waals surface area contributed by atoms with Crippen molar-refractivity contribution in [1.29, 1.82) is 0 Å². The van der Waals surface area contributed by atoms with Gasteiger partial charge < -0.3 is 15.0 Å². The number of anilines is 1. The quantitative estimate of drug-likeness (QED) is 0.502. The van der Waals surface area contributed by atoms with Crippen molar-refractivity contribution < 1.29 is 22.7 Å². The molecule has 2 amide bonds. The number of carbonyl (C=O) groups excluding carboxylic acids is 2. The summed E-state index contributed by atoms with van der Waals surface area (Å²) in [5, 5.41) is 3.11. The Labute approximate surface area is 206 Å². The van der Waals surface area contributed by atoms with Crippen LogP contribution in [0.15, 0.2) is 48.5 Å². The van der Waals surface area contributed by atoms with Crippen molar-refractivity contribution in [1.82, 2.24) is 10.2 Å². The van der Waals surface area contributed by atoms with Gasteiger partial charge in [-0.2, -0.15) is 0 Å². The zero-order valence-electron chi connectivity index (χ0n) is 20.1. The largest absolute Gasteiger partial charge is 0.495 e. The van der Waals surface area contributed by atoms with Gasteiger partial charge in [0.05, 0.1) is 19.1 Å². The van der Waals surface area contributed by atoms with Gasteiger partial charge in [-0.3, -0.25) is 13.9 Å². The molecule has 2 aromatic carbocycles. The molecule has 1 atom stereocenters.